The molecule has 21 heavy (non-hydrogen) atoms. The molecular formula is C18H27FN2. The minimum Gasteiger partial charge on any atom is -0.310 e. The molecule has 1 heterocycles. The van der Waals surface area contributed by atoms with E-state index >= 15 is 0 Å². The van der Waals surface area contributed by atoms with E-state index in [-0.39, 0.29) is 5.82 Å². The van der Waals surface area contributed by atoms with Gasteiger partial charge in [0.05, 0.1) is 0 Å². The van der Waals surface area contributed by atoms with Crippen molar-refractivity contribution in [1.82, 2.24) is 10.2 Å². The zero-order chi connectivity index (χ0) is 14.7. The summed E-state index contributed by atoms with van der Waals surface area (Å²) in [6.45, 7) is 5.18. The maximum atomic E-state index is 13.8. The first-order valence-electron chi connectivity index (χ1n) is 8.42. The SMILES string of the molecule is CC1CC(NC2CCCC2)CN(Cc2ccccc2F)C1. The van der Waals surface area contributed by atoms with Crippen molar-refractivity contribution in [3.05, 3.63) is 35.6 Å². The molecule has 0 radical (unpaired) electrons. The summed E-state index contributed by atoms with van der Waals surface area (Å²) >= 11 is 0. The Balaban J connectivity index is 1.58. The molecule has 2 nitrogen and oxygen atoms in total. The molecule has 1 saturated heterocycles. The van der Waals surface area contributed by atoms with Gasteiger partial charge in [-0.3, -0.25) is 4.90 Å². The van der Waals surface area contributed by atoms with Crippen LogP contribution < -0.4 is 5.32 Å². The first-order valence-corrected chi connectivity index (χ1v) is 8.42. The summed E-state index contributed by atoms with van der Waals surface area (Å²) in [5, 5.41) is 3.84. The molecule has 1 aliphatic heterocycles. The number of piperidine rings is 1. The molecule has 2 atom stereocenters. The fourth-order valence-electron chi connectivity index (χ4n) is 4.00. The predicted octanol–water partition coefficient (Wildman–Crippen LogP) is 3.57. The summed E-state index contributed by atoms with van der Waals surface area (Å²) in [7, 11) is 0. The number of benzene rings is 1. The molecule has 0 bridgehead atoms. The van der Waals surface area contributed by atoms with E-state index in [4.69, 9.17) is 0 Å². The summed E-state index contributed by atoms with van der Waals surface area (Å²) in [6, 6.07) is 8.46. The van der Waals surface area contributed by atoms with Gasteiger partial charge < -0.3 is 5.32 Å². The lowest BCUT2D eigenvalue weighted by atomic mass is 9.94. The van der Waals surface area contributed by atoms with Gasteiger partial charge in [0.15, 0.2) is 0 Å². The van der Waals surface area contributed by atoms with Crippen molar-refractivity contribution in [2.24, 2.45) is 5.92 Å². The van der Waals surface area contributed by atoms with E-state index in [1.54, 1.807) is 12.1 Å². The molecule has 1 aliphatic carbocycles. The number of nitrogens with one attached hydrogen (secondary N) is 1. The van der Waals surface area contributed by atoms with E-state index in [9.17, 15) is 4.39 Å². The average molecular weight is 290 g/mol. The van der Waals surface area contributed by atoms with E-state index in [1.807, 2.05) is 12.1 Å². The number of hydrogen-bond donors (Lipinski definition) is 1. The van der Waals surface area contributed by atoms with Crippen LogP contribution in [0.2, 0.25) is 0 Å². The second-order valence-corrected chi connectivity index (χ2v) is 6.97. The van der Waals surface area contributed by atoms with Gasteiger partial charge in [-0.15, -0.1) is 0 Å². The van der Waals surface area contributed by atoms with Crippen LogP contribution in [0.5, 0.6) is 0 Å². The van der Waals surface area contributed by atoms with Gasteiger partial charge in [-0.05, 0) is 31.2 Å². The molecule has 2 aliphatic rings. The van der Waals surface area contributed by atoms with Gasteiger partial charge in [0.2, 0.25) is 0 Å². The van der Waals surface area contributed by atoms with Crippen LogP contribution in [-0.2, 0) is 6.54 Å². The number of rotatable bonds is 4. The first-order chi connectivity index (χ1) is 10.2. The number of hydrogen-bond acceptors (Lipinski definition) is 2. The number of likely N-dealkylation sites (tertiary alicyclic amines) is 1. The molecule has 3 rings (SSSR count). The van der Waals surface area contributed by atoms with Crippen LogP contribution in [0.15, 0.2) is 24.3 Å². The third-order valence-electron chi connectivity index (χ3n) is 4.91. The molecule has 0 amide bonds. The topological polar surface area (TPSA) is 15.3 Å². The maximum absolute atomic E-state index is 13.8. The summed E-state index contributed by atoms with van der Waals surface area (Å²) in [4.78, 5) is 2.42. The summed E-state index contributed by atoms with van der Waals surface area (Å²) in [5.41, 5.74) is 0.825. The average Bonchev–Trinajstić information content (AvgIpc) is 2.93. The quantitative estimate of drug-likeness (QED) is 0.912. The Morgan fingerprint density at radius 1 is 1.14 bits per heavy atom. The third-order valence-corrected chi connectivity index (χ3v) is 4.91. The van der Waals surface area contributed by atoms with Crippen LogP contribution in [0.4, 0.5) is 4.39 Å². The normalized spacial score (nSPS) is 28.1. The van der Waals surface area contributed by atoms with E-state index < -0.39 is 0 Å². The lowest BCUT2D eigenvalue weighted by molar-refractivity contribution is 0.135. The van der Waals surface area contributed by atoms with Crippen molar-refractivity contribution in [3.8, 4) is 0 Å². The van der Waals surface area contributed by atoms with Crippen molar-refractivity contribution in [2.75, 3.05) is 13.1 Å². The van der Waals surface area contributed by atoms with E-state index in [0.29, 0.717) is 12.0 Å². The van der Waals surface area contributed by atoms with Crippen LogP contribution in [0.3, 0.4) is 0 Å². The summed E-state index contributed by atoms with van der Waals surface area (Å²) < 4.78 is 13.8. The minimum absolute atomic E-state index is 0.0731. The van der Waals surface area contributed by atoms with Crippen molar-refractivity contribution in [2.45, 2.75) is 57.7 Å². The Morgan fingerprint density at radius 2 is 1.90 bits per heavy atom. The molecule has 1 aromatic carbocycles. The van der Waals surface area contributed by atoms with Crippen molar-refractivity contribution in [1.29, 1.82) is 0 Å². The van der Waals surface area contributed by atoms with Gasteiger partial charge in [-0.25, -0.2) is 4.39 Å². The van der Waals surface area contributed by atoms with Crippen molar-refractivity contribution >= 4 is 0 Å². The van der Waals surface area contributed by atoms with Crippen LogP contribution in [0.1, 0.15) is 44.6 Å². The second kappa shape index (κ2) is 6.89. The highest BCUT2D eigenvalue weighted by Crippen LogP contribution is 2.23. The van der Waals surface area contributed by atoms with E-state index in [1.165, 1.54) is 32.1 Å². The Labute approximate surface area is 127 Å². The highest BCUT2D eigenvalue weighted by atomic mass is 19.1. The largest absolute Gasteiger partial charge is 0.310 e. The first kappa shape index (κ1) is 15.0. The molecule has 2 fully saturated rings. The smallest absolute Gasteiger partial charge is 0.127 e. The van der Waals surface area contributed by atoms with Gasteiger partial charge in [0, 0.05) is 37.3 Å². The van der Waals surface area contributed by atoms with Crippen LogP contribution >= 0.6 is 0 Å². The molecule has 0 aromatic heterocycles. The highest BCUT2D eigenvalue weighted by Gasteiger charge is 2.27. The van der Waals surface area contributed by atoms with E-state index in [2.05, 4.69) is 17.1 Å². The second-order valence-electron chi connectivity index (χ2n) is 6.97. The van der Waals surface area contributed by atoms with E-state index in [0.717, 1.165) is 31.2 Å². The number of halogens is 1. The van der Waals surface area contributed by atoms with Crippen LogP contribution in [0, 0.1) is 11.7 Å². The Hall–Kier alpha value is -0.930. The minimum atomic E-state index is -0.0731. The molecule has 0 spiro atoms. The molecule has 2 unspecified atom stereocenters. The lowest BCUT2D eigenvalue weighted by Crippen LogP contribution is -2.50. The van der Waals surface area contributed by atoms with Crippen molar-refractivity contribution < 1.29 is 4.39 Å². The zero-order valence-electron chi connectivity index (χ0n) is 13.0. The summed E-state index contributed by atoms with van der Waals surface area (Å²) in [6.07, 6.45) is 6.67. The molecule has 3 heteroatoms. The standard InChI is InChI=1S/C18H27FN2/c1-14-10-17(20-16-7-3-4-8-16)13-21(11-14)12-15-6-2-5-9-18(15)19/h2,5-6,9,14,16-17,20H,3-4,7-8,10-13H2,1H3. The van der Waals surface area contributed by atoms with Gasteiger partial charge in [-0.1, -0.05) is 38.0 Å². The van der Waals surface area contributed by atoms with Crippen molar-refractivity contribution in [3.63, 3.8) is 0 Å². The van der Waals surface area contributed by atoms with Gasteiger partial charge in [0.25, 0.3) is 0 Å². The molecule has 1 saturated carbocycles. The Bertz CT molecular complexity index is 456. The van der Waals surface area contributed by atoms with Gasteiger partial charge in [-0.2, -0.15) is 0 Å². The summed E-state index contributed by atoms with van der Waals surface area (Å²) in [5.74, 6) is 0.612. The molecule has 116 valence electrons. The van der Waals surface area contributed by atoms with Crippen LogP contribution in [0.25, 0.3) is 0 Å². The third kappa shape index (κ3) is 4.04. The highest BCUT2D eigenvalue weighted by molar-refractivity contribution is 5.17. The zero-order valence-corrected chi connectivity index (χ0v) is 13.0. The monoisotopic (exact) mass is 290 g/mol. The molecular weight excluding hydrogens is 263 g/mol. The molecule has 1 aromatic rings. The van der Waals surface area contributed by atoms with Crippen LogP contribution in [-0.4, -0.2) is 30.1 Å². The lowest BCUT2D eigenvalue weighted by Gasteiger charge is -2.38. The molecule has 1 N–H and O–H groups in total. The Morgan fingerprint density at radius 3 is 2.67 bits per heavy atom. The Kier molecular flexibility index (Phi) is 4.91. The fourth-order valence-corrected chi connectivity index (χ4v) is 4.00. The van der Waals surface area contributed by atoms with Gasteiger partial charge in [0.1, 0.15) is 5.82 Å². The predicted molar refractivity (Wildman–Crippen MR) is 84.6 cm³/mol. The fraction of sp³-hybridized carbons (Fsp3) is 0.667. The maximum Gasteiger partial charge on any atom is 0.127 e. The number of nitrogens with zero attached hydrogens (tertiary/aromatic N) is 1. The van der Waals surface area contributed by atoms with Gasteiger partial charge >= 0.3 is 0 Å².